The Balaban J connectivity index is 1.68. The fraction of sp³-hybridized carbons (Fsp3) is 0. The number of benzene rings is 3. The number of aromatic hydroxyl groups is 1. The van der Waals surface area contributed by atoms with Crippen molar-refractivity contribution < 1.29 is 59.5 Å². The van der Waals surface area contributed by atoms with Crippen molar-refractivity contribution in [2.75, 3.05) is 5.32 Å². The second-order valence-electron chi connectivity index (χ2n) is 7.85. The maximum Gasteiger partial charge on any atom is 0.433 e. The Morgan fingerprint density at radius 2 is 1.78 bits per heavy atom. The van der Waals surface area contributed by atoms with Crippen LogP contribution in [0.3, 0.4) is 0 Å². The van der Waals surface area contributed by atoms with Crippen LogP contribution in [-0.2, 0) is 39.1 Å². The predicted octanol–water partition coefficient (Wildman–Crippen LogP) is 5.54. The third-order valence-corrected chi connectivity index (χ3v) is 7.90. The van der Waals surface area contributed by atoms with Gasteiger partial charge in [0.2, 0.25) is 16.4 Å². The van der Waals surface area contributed by atoms with Gasteiger partial charge in [-0.1, -0.05) is 5.04 Å². The monoisotopic (exact) mass is 752 g/mol. The molecule has 19 nitrogen and oxygen atoms in total. The Morgan fingerprint density at radius 3 is 2.48 bits per heavy atom. The van der Waals surface area contributed by atoms with Crippen LogP contribution in [0.25, 0.3) is 10.8 Å². The molecule has 0 amide bonds. The average molecular weight is 753 g/mol. The SMILES string of the molecule is O=S(=O)(O)OOC#CSc1ccc(N=Nc2c(SOOO)cc3cc(Nc4nc(Cl)nc(SO)n4)ccc3c2O)c(S(=O)(=O)O)c1. The minimum Gasteiger partial charge on any atom is -0.505 e. The van der Waals surface area contributed by atoms with Crippen LogP contribution in [-0.4, -0.2) is 55.8 Å². The molecule has 0 aliphatic rings. The molecule has 1 heterocycles. The molecule has 4 rings (SSSR count). The zero-order chi connectivity index (χ0) is 33.5. The zero-order valence-corrected chi connectivity index (χ0v) is 26.5. The van der Waals surface area contributed by atoms with E-state index in [1.165, 1.54) is 24.3 Å². The molecule has 0 fully saturated rings. The number of thioether (sulfide) groups is 1. The molecule has 0 atom stereocenters. The Hall–Kier alpha value is -3.55. The summed E-state index contributed by atoms with van der Waals surface area (Å²) < 4.78 is 80.5. The molecule has 25 heteroatoms. The molecule has 46 heavy (non-hydrogen) atoms. The predicted molar refractivity (Wildman–Crippen MR) is 161 cm³/mol. The molecule has 0 unspecified atom stereocenters. The van der Waals surface area contributed by atoms with Gasteiger partial charge in [-0.15, -0.1) is 14.6 Å². The molecule has 242 valence electrons. The largest absolute Gasteiger partial charge is 0.505 e. The molecule has 6 N–H and O–H groups in total. The molecule has 0 bridgehead atoms. The van der Waals surface area contributed by atoms with Crippen molar-refractivity contribution in [3.05, 3.63) is 47.7 Å². The van der Waals surface area contributed by atoms with Crippen LogP contribution in [0, 0.1) is 11.4 Å². The fourth-order valence-corrected chi connectivity index (χ4v) is 5.62. The maximum atomic E-state index is 12.1. The van der Waals surface area contributed by atoms with E-state index in [1.54, 1.807) is 12.2 Å². The van der Waals surface area contributed by atoms with Crippen molar-refractivity contribution >= 4 is 102 Å². The van der Waals surface area contributed by atoms with E-state index in [-0.39, 0.29) is 55.0 Å². The van der Waals surface area contributed by atoms with Crippen LogP contribution in [0.1, 0.15) is 0 Å². The van der Waals surface area contributed by atoms with Gasteiger partial charge < -0.3 is 15.0 Å². The van der Waals surface area contributed by atoms with Crippen molar-refractivity contribution in [3.8, 4) is 17.1 Å². The van der Waals surface area contributed by atoms with Gasteiger partial charge >= 0.3 is 10.4 Å². The van der Waals surface area contributed by atoms with Gasteiger partial charge in [-0.25, -0.2) is 5.26 Å². The second kappa shape index (κ2) is 15.4. The minimum absolute atomic E-state index is 0.00255. The van der Waals surface area contributed by atoms with Gasteiger partial charge in [0, 0.05) is 21.2 Å². The van der Waals surface area contributed by atoms with Gasteiger partial charge in [-0.05, 0) is 75.5 Å². The standard InChI is InChI=1S/C21H13ClN6O13S5/c22-19-24-20(26-21(25-19)43-31)23-11-1-3-13-10(7-11)8-15(44-40-39-30)17(18(13)29)28-27-14-4-2-12(9-16(14)45(32,33)34)42-6-5-38-41-46(35,36)37/h1-4,7-9,29-31H,(H,32,33,34)(H,35,36,37)(H,23,24,25,26). The summed E-state index contributed by atoms with van der Waals surface area (Å²) in [4.78, 5) is 15.0. The Labute approximate surface area is 275 Å². The first-order valence-electron chi connectivity index (χ1n) is 11.2. The maximum absolute atomic E-state index is 12.1. The summed E-state index contributed by atoms with van der Waals surface area (Å²) in [6.45, 7) is 0. The van der Waals surface area contributed by atoms with Gasteiger partial charge in [0.25, 0.3) is 10.1 Å². The van der Waals surface area contributed by atoms with Gasteiger partial charge in [-0.3, -0.25) is 14.0 Å². The lowest BCUT2D eigenvalue weighted by Crippen LogP contribution is -2.01. The van der Waals surface area contributed by atoms with Crippen molar-refractivity contribution in [2.45, 2.75) is 19.8 Å². The number of hydrogen-bond acceptors (Lipinski definition) is 20. The van der Waals surface area contributed by atoms with Crippen LogP contribution in [0.4, 0.5) is 23.0 Å². The molecule has 0 saturated heterocycles. The van der Waals surface area contributed by atoms with Crippen LogP contribution in [0.15, 0.2) is 72.5 Å². The van der Waals surface area contributed by atoms with Crippen molar-refractivity contribution in [1.82, 2.24) is 15.0 Å². The number of fused-ring (bicyclic) bond motifs is 1. The number of nitrogens with zero attached hydrogens (tertiary/aromatic N) is 5. The van der Waals surface area contributed by atoms with Gasteiger partial charge in [0.05, 0.1) is 29.0 Å². The topological polar surface area (TPSA) is 282 Å². The van der Waals surface area contributed by atoms with E-state index in [1.807, 2.05) is 0 Å². The lowest BCUT2D eigenvalue weighted by molar-refractivity contribution is -0.432. The molecule has 0 aliphatic carbocycles. The summed E-state index contributed by atoms with van der Waals surface area (Å²) in [6, 6.07) is 9.42. The quantitative estimate of drug-likeness (QED) is 0.0197. The smallest absolute Gasteiger partial charge is 0.433 e. The van der Waals surface area contributed by atoms with Gasteiger partial charge in [-0.2, -0.15) is 31.8 Å². The zero-order valence-electron chi connectivity index (χ0n) is 21.7. The molecule has 0 saturated carbocycles. The van der Waals surface area contributed by atoms with Crippen LogP contribution < -0.4 is 5.32 Å². The highest BCUT2D eigenvalue weighted by Gasteiger charge is 2.19. The molecule has 4 aromatic rings. The second-order valence-corrected chi connectivity index (χ2v) is 12.7. The summed E-state index contributed by atoms with van der Waals surface area (Å²) in [5.74, 6) is -0.454. The fourth-order valence-electron chi connectivity index (χ4n) is 3.31. The Bertz CT molecular complexity index is 2100. The minimum atomic E-state index is -4.91. The van der Waals surface area contributed by atoms with Crippen LogP contribution in [0.2, 0.25) is 5.28 Å². The van der Waals surface area contributed by atoms with E-state index in [9.17, 15) is 31.0 Å². The number of azo groups is 1. The molecule has 0 spiro atoms. The summed E-state index contributed by atoms with van der Waals surface area (Å²) in [5.41, 5.74) is -0.229. The third kappa shape index (κ3) is 9.73. The molecule has 1 aromatic heterocycles. The molecule has 3 aromatic carbocycles. The Kier molecular flexibility index (Phi) is 11.8. The third-order valence-electron chi connectivity index (χ3n) is 4.97. The van der Waals surface area contributed by atoms with E-state index in [4.69, 9.17) is 21.4 Å². The number of hydrogen-bond donors (Lipinski definition) is 6. The number of anilines is 2. The number of phenolic OH excluding ortho intramolecular Hbond substituents is 1. The van der Waals surface area contributed by atoms with E-state index < -0.39 is 31.2 Å². The van der Waals surface area contributed by atoms with Crippen LogP contribution in [0.5, 0.6) is 5.75 Å². The molecular formula is C21H13ClN6O13S5. The highest BCUT2D eigenvalue weighted by molar-refractivity contribution is 8.04. The molecular weight excluding hydrogens is 740 g/mol. The van der Waals surface area contributed by atoms with E-state index in [0.717, 1.165) is 12.1 Å². The first-order valence-corrected chi connectivity index (χ1v) is 16.8. The lowest BCUT2D eigenvalue weighted by Gasteiger charge is -2.11. The summed E-state index contributed by atoms with van der Waals surface area (Å²) in [7, 11) is -9.80. The number of rotatable bonds is 12. The van der Waals surface area contributed by atoms with Gasteiger partial charge in [0.15, 0.2) is 11.9 Å². The number of phenols is 1. The summed E-state index contributed by atoms with van der Waals surface area (Å²) >= 11 is 7.13. The normalized spacial score (nSPS) is 11.8. The highest BCUT2D eigenvalue weighted by Crippen LogP contribution is 2.45. The lowest BCUT2D eigenvalue weighted by atomic mass is 10.1. The van der Waals surface area contributed by atoms with E-state index in [2.05, 4.69) is 54.3 Å². The van der Waals surface area contributed by atoms with Gasteiger partial charge in [0.1, 0.15) is 16.3 Å². The number of aromatic nitrogens is 3. The molecule has 0 aliphatic heterocycles. The van der Waals surface area contributed by atoms with Crippen molar-refractivity contribution in [1.29, 1.82) is 0 Å². The summed E-state index contributed by atoms with van der Waals surface area (Å²) in [6.07, 6.45) is 1.78. The van der Waals surface area contributed by atoms with Crippen molar-refractivity contribution in [2.24, 2.45) is 10.2 Å². The average Bonchev–Trinajstić information content (AvgIpc) is 2.98. The summed E-state index contributed by atoms with van der Waals surface area (Å²) in [5, 5.41) is 36.6. The van der Waals surface area contributed by atoms with Crippen molar-refractivity contribution in [3.63, 3.8) is 0 Å². The molecule has 0 radical (unpaired) electrons. The number of nitrogens with one attached hydrogen (secondary N) is 1. The first-order chi connectivity index (χ1) is 21.8. The highest BCUT2D eigenvalue weighted by atomic mass is 35.5. The van der Waals surface area contributed by atoms with E-state index >= 15 is 0 Å². The van der Waals surface area contributed by atoms with Crippen LogP contribution >= 0.6 is 47.4 Å². The Morgan fingerprint density at radius 1 is 1.00 bits per heavy atom. The van der Waals surface area contributed by atoms with E-state index in [0.29, 0.717) is 34.9 Å². The first kappa shape index (κ1) is 35.3. The number of halogens is 1.